The fourth-order valence-electron chi connectivity index (χ4n) is 1.07. The maximum atomic E-state index is 3.15. The normalized spacial score (nSPS) is 28.4. The lowest BCUT2D eigenvalue weighted by molar-refractivity contribution is 0.863. The van der Waals surface area contributed by atoms with Crippen molar-refractivity contribution in [3.8, 4) is 0 Å². The van der Waals surface area contributed by atoms with Gasteiger partial charge < -0.3 is 0 Å². The van der Waals surface area contributed by atoms with Gasteiger partial charge in [0.25, 0.3) is 0 Å². The summed E-state index contributed by atoms with van der Waals surface area (Å²) in [4.78, 5) is 0. The van der Waals surface area contributed by atoms with Gasteiger partial charge in [-0.3, -0.25) is 0 Å². The van der Waals surface area contributed by atoms with Crippen LogP contribution in [0.25, 0.3) is 0 Å². The molecule has 1 aliphatic carbocycles. The van der Waals surface area contributed by atoms with Crippen LogP contribution in [0.5, 0.6) is 0 Å². The average Bonchev–Trinajstić information content (AvgIpc) is 2.08. The van der Waals surface area contributed by atoms with Crippen LogP contribution in [0.1, 0.15) is 32.1 Å². The molecule has 0 heteroatoms. The summed E-state index contributed by atoms with van der Waals surface area (Å²) >= 11 is 0. The summed E-state index contributed by atoms with van der Waals surface area (Å²) in [6.45, 7) is 0. The molecule has 0 nitrogen and oxygen atoms in total. The third-order valence-electron chi connectivity index (χ3n) is 1.72. The highest BCUT2D eigenvalue weighted by atomic mass is 13.9. The molecule has 0 spiro atoms. The first-order valence-corrected chi connectivity index (χ1v) is 4.38. The zero-order valence-corrected chi connectivity index (χ0v) is 6.92. The van der Waals surface area contributed by atoms with Gasteiger partial charge in [0.15, 0.2) is 0 Å². The van der Waals surface area contributed by atoms with E-state index in [4.69, 9.17) is 0 Å². The van der Waals surface area contributed by atoms with Crippen molar-refractivity contribution in [2.75, 3.05) is 0 Å². The van der Waals surface area contributed by atoms with E-state index in [1.807, 2.05) is 6.08 Å². The maximum absolute atomic E-state index is 3.15. The molecule has 0 N–H and O–H groups in total. The van der Waals surface area contributed by atoms with E-state index in [1.54, 1.807) is 0 Å². The molecule has 0 atom stereocenters. The van der Waals surface area contributed by atoms with E-state index >= 15 is 0 Å². The Morgan fingerprint density at radius 3 is 2.64 bits per heavy atom. The standard InChI is InChI=1S/C11H15/c1-2-4-6-8-10-11-9-7-5-3-1/h1-2,7,9-10H,3-6,8H2/b2-1-,9-7-,11-10?. The Hall–Kier alpha value is -0.780. The highest BCUT2D eigenvalue weighted by Crippen LogP contribution is 2.02. The third kappa shape index (κ3) is 4.60. The lowest BCUT2D eigenvalue weighted by Gasteiger charge is -1.88. The molecule has 1 aliphatic rings. The molecule has 0 aromatic heterocycles. The van der Waals surface area contributed by atoms with Crippen molar-refractivity contribution in [3.05, 3.63) is 36.5 Å². The summed E-state index contributed by atoms with van der Waals surface area (Å²) in [5.74, 6) is 0. The second-order valence-electron chi connectivity index (χ2n) is 2.75. The molecule has 0 fully saturated rings. The van der Waals surface area contributed by atoms with Crippen molar-refractivity contribution >= 4 is 0 Å². The van der Waals surface area contributed by atoms with Crippen LogP contribution in [0.3, 0.4) is 0 Å². The summed E-state index contributed by atoms with van der Waals surface area (Å²) in [5, 5.41) is 0. The van der Waals surface area contributed by atoms with E-state index in [2.05, 4.69) is 30.4 Å². The SMILES string of the molecule is [C]1=C\CCC/C=C\CC\C=C/1. The summed E-state index contributed by atoms with van der Waals surface area (Å²) in [7, 11) is 0. The Bertz CT molecular complexity index is 161. The number of hydrogen-bond acceptors (Lipinski definition) is 0. The van der Waals surface area contributed by atoms with Gasteiger partial charge in [-0.15, -0.1) is 0 Å². The molecule has 1 rings (SSSR count). The van der Waals surface area contributed by atoms with Crippen molar-refractivity contribution in [1.29, 1.82) is 0 Å². The highest BCUT2D eigenvalue weighted by Gasteiger charge is 1.82. The van der Waals surface area contributed by atoms with Crippen molar-refractivity contribution < 1.29 is 0 Å². The molecule has 0 amide bonds. The first-order chi connectivity index (χ1) is 5.50. The van der Waals surface area contributed by atoms with Gasteiger partial charge >= 0.3 is 0 Å². The van der Waals surface area contributed by atoms with Gasteiger partial charge in [-0.25, -0.2) is 0 Å². The van der Waals surface area contributed by atoms with Crippen LogP contribution in [0.15, 0.2) is 30.4 Å². The monoisotopic (exact) mass is 147 g/mol. The highest BCUT2D eigenvalue weighted by molar-refractivity contribution is 4.97. The van der Waals surface area contributed by atoms with Gasteiger partial charge in [-0.2, -0.15) is 0 Å². The van der Waals surface area contributed by atoms with Crippen molar-refractivity contribution in [2.45, 2.75) is 32.1 Å². The van der Waals surface area contributed by atoms with Crippen LogP contribution in [-0.4, -0.2) is 0 Å². The number of allylic oxidation sites excluding steroid dienone is 6. The Kier molecular flexibility index (Phi) is 4.51. The minimum absolute atomic E-state index is 1.15. The molecule has 0 aliphatic heterocycles. The fourth-order valence-corrected chi connectivity index (χ4v) is 1.07. The Balaban J connectivity index is 2.34. The Morgan fingerprint density at radius 2 is 1.64 bits per heavy atom. The van der Waals surface area contributed by atoms with Crippen LogP contribution < -0.4 is 0 Å². The molecule has 0 saturated heterocycles. The molecule has 59 valence electrons. The molecule has 0 saturated carbocycles. The van der Waals surface area contributed by atoms with E-state index in [1.165, 1.54) is 19.3 Å². The summed E-state index contributed by atoms with van der Waals surface area (Å²) in [5.41, 5.74) is 0. The smallest absolute Gasteiger partial charge is 0.0230 e. The predicted octanol–water partition coefficient (Wildman–Crippen LogP) is 3.42. The van der Waals surface area contributed by atoms with E-state index < -0.39 is 0 Å². The van der Waals surface area contributed by atoms with Crippen molar-refractivity contribution in [3.63, 3.8) is 0 Å². The quantitative estimate of drug-likeness (QED) is 0.460. The van der Waals surface area contributed by atoms with Gasteiger partial charge in [-0.05, 0) is 38.2 Å². The second-order valence-corrected chi connectivity index (χ2v) is 2.75. The fraction of sp³-hybridized carbons (Fsp3) is 0.455. The van der Waals surface area contributed by atoms with Gasteiger partial charge in [0.2, 0.25) is 0 Å². The lowest BCUT2D eigenvalue weighted by Crippen LogP contribution is -1.68. The molecular formula is C11H15. The first-order valence-electron chi connectivity index (χ1n) is 4.38. The van der Waals surface area contributed by atoms with Crippen LogP contribution >= 0.6 is 0 Å². The van der Waals surface area contributed by atoms with Crippen LogP contribution in [0.2, 0.25) is 0 Å². The summed E-state index contributed by atoms with van der Waals surface area (Å²) in [6.07, 6.45) is 20.0. The molecule has 11 heavy (non-hydrogen) atoms. The zero-order chi connectivity index (χ0) is 7.78. The van der Waals surface area contributed by atoms with Gasteiger partial charge in [-0.1, -0.05) is 30.4 Å². The van der Waals surface area contributed by atoms with Crippen LogP contribution in [0.4, 0.5) is 0 Å². The van der Waals surface area contributed by atoms with Gasteiger partial charge in [0.05, 0.1) is 0 Å². The molecular weight excluding hydrogens is 132 g/mol. The van der Waals surface area contributed by atoms with E-state index in [-0.39, 0.29) is 0 Å². The topological polar surface area (TPSA) is 0 Å². The summed E-state index contributed by atoms with van der Waals surface area (Å²) < 4.78 is 0. The predicted molar refractivity (Wildman–Crippen MR) is 49.2 cm³/mol. The van der Waals surface area contributed by atoms with Crippen molar-refractivity contribution in [2.24, 2.45) is 0 Å². The molecule has 0 unspecified atom stereocenters. The number of hydrogen-bond donors (Lipinski definition) is 0. The molecule has 0 bridgehead atoms. The average molecular weight is 147 g/mol. The Labute approximate surface area is 69.3 Å². The Morgan fingerprint density at radius 1 is 0.818 bits per heavy atom. The number of rotatable bonds is 0. The van der Waals surface area contributed by atoms with Gasteiger partial charge in [0, 0.05) is 0 Å². The third-order valence-corrected chi connectivity index (χ3v) is 1.72. The summed E-state index contributed by atoms with van der Waals surface area (Å²) in [6, 6.07) is 0. The maximum Gasteiger partial charge on any atom is -0.0230 e. The van der Waals surface area contributed by atoms with Crippen LogP contribution in [-0.2, 0) is 0 Å². The largest absolute Gasteiger partial charge is 0.0885 e. The van der Waals surface area contributed by atoms with E-state index in [0.29, 0.717) is 0 Å². The lowest BCUT2D eigenvalue weighted by atomic mass is 10.2. The molecule has 0 aromatic carbocycles. The minimum Gasteiger partial charge on any atom is -0.0885 e. The molecule has 0 heterocycles. The van der Waals surface area contributed by atoms with Crippen molar-refractivity contribution in [1.82, 2.24) is 0 Å². The van der Waals surface area contributed by atoms with Gasteiger partial charge in [0.1, 0.15) is 0 Å². The molecule has 0 aromatic rings. The van der Waals surface area contributed by atoms with E-state index in [0.717, 1.165) is 12.8 Å². The molecule has 1 radical (unpaired) electrons. The second kappa shape index (κ2) is 5.96. The van der Waals surface area contributed by atoms with Crippen LogP contribution in [0, 0.1) is 6.08 Å². The van der Waals surface area contributed by atoms with E-state index in [9.17, 15) is 0 Å². The first kappa shape index (κ1) is 8.32. The zero-order valence-electron chi connectivity index (χ0n) is 6.92. The minimum atomic E-state index is 1.15.